The average Bonchev–Trinajstić information content (AvgIpc) is 2.75. The predicted molar refractivity (Wildman–Crippen MR) is 123 cm³/mol. The van der Waals surface area contributed by atoms with E-state index in [0.717, 1.165) is 31.7 Å². The molecule has 30 heavy (non-hydrogen) atoms. The first-order valence-corrected chi connectivity index (χ1v) is 11.3. The number of carbonyl (C=O) groups is 1. The molecule has 2 aliphatic rings. The minimum atomic E-state index is -0.637. The summed E-state index contributed by atoms with van der Waals surface area (Å²) in [5.41, 5.74) is 2.92. The van der Waals surface area contributed by atoms with E-state index in [1.165, 1.54) is 5.69 Å². The number of fused-ring (bicyclic) bond motifs is 1. The highest BCUT2D eigenvalue weighted by Crippen LogP contribution is 2.43. The van der Waals surface area contributed by atoms with Gasteiger partial charge in [0.2, 0.25) is 5.91 Å². The predicted octanol–water partition coefficient (Wildman–Crippen LogP) is 3.55. The Morgan fingerprint density at radius 1 is 1.17 bits per heavy atom. The van der Waals surface area contributed by atoms with E-state index in [0.29, 0.717) is 40.3 Å². The van der Waals surface area contributed by atoms with Crippen LogP contribution in [0.4, 0.5) is 11.4 Å². The van der Waals surface area contributed by atoms with Crippen LogP contribution in [-0.2, 0) is 11.2 Å². The van der Waals surface area contributed by atoms with Crippen LogP contribution >= 0.6 is 27.5 Å². The molecule has 1 fully saturated rings. The van der Waals surface area contributed by atoms with E-state index in [4.69, 9.17) is 16.3 Å². The van der Waals surface area contributed by atoms with Crippen molar-refractivity contribution in [2.24, 2.45) is 0 Å². The summed E-state index contributed by atoms with van der Waals surface area (Å²) in [5, 5.41) is 13.8. The molecule has 2 aliphatic heterocycles. The first-order valence-electron chi connectivity index (χ1n) is 10.1. The Labute approximate surface area is 189 Å². The third-order valence-electron chi connectivity index (χ3n) is 5.53. The molecule has 2 aromatic carbocycles. The summed E-state index contributed by atoms with van der Waals surface area (Å²) in [6.07, 6.45) is 0.464. The Kier molecular flexibility index (Phi) is 6.83. The van der Waals surface area contributed by atoms with Gasteiger partial charge in [0.1, 0.15) is 12.7 Å². The van der Waals surface area contributed by atoms with E-state index in [-0.39, 0.29) is 12.5 Å². The molecule has 0 radical (unpaired) electrons. The zero-order chi connectivity index (χ0) is 21.1. The fraction of sp³-hybridized carbons (Fsp3) is 0.409. The molecule has 2 heterocycles. The number of benzene rings is 2. The Morgan fingerprint density at radius 3 is 2.63 bits per heavy atom. The summed E-state index contributed by atoms with van der Waals surface area (Å²) >= 11 is 9.89. The summed E-state index contributed by atoms with van der Waals surface area (Å²) in [6, 6.07) is 12.2. The quantitative estimate of drug-likeness (QED) is 0.643. The second kappa shape index (κ2) is 9.56. The fourth-order valence-corrected chi connectivity index (χ4v) is 5.00. The molecular weight excluding hydrogens is 470 g/mol. The van der Waals surface area contributed by atoms with E-state index in [1.807, 2.05) is 12.1 Å². The van der Waals surface area contributed by atoms with Crippen molar-refractivity contribution in [2.75, 3.05) is 49.5 Å². The molecule has 1 unspecified atom stereocenters. The first kappa shape index (κ1) is 21.4. The molecule has 0 aromatic heterocycles. The zero-order valence-electron chi connectivity index (χ0n) is 16.6. The Hall–Kier alpha value is -1.80. The van der Waals surface area contributed by atoms with Crippen molar-refractivity contribution in [3.63, 3.8) is 0 Å². The molecule has 2 N–H and O–H groups in total. The van der Waals surface area contributed by atoms with E-state index in [1.54, 1.807) is 0 Å². The van der Waals surface area contributed by atoms with Crippen LogP contribution in [-0.4, -0.2) is 61.3 Å². The Bertz CT molecular complexity index is 904. The molecular formula is C22H25BrClN3O3. The van der Waals surface area contributed by atoms with Crippen molar-refractivity contribution >= 4 is 44.8 Å². The van der Waals surface area contributed by atoms with Gasteiger partial charge in [0.25, 0.3) is 0 Å². The normalized spacial score (nSPS) is 18.0. The lowest BCUT2D eigenvalue weighted by Crippen LogP contribution is -2.49. The molecule has 0 aliphatic carbocycles. The zero-order valence-corrected chi connectivity index (χ0v) is 19.0. The number of hydrogen-bond donors (Lipinski definition) is 2. The lowest BCUT2D eigenvalue weighted by atomic mass is 10.0. The number of aliphatic hydroxyl groups is 1. The van der Waals surface area contributed by atoms with Crippen LogP contribution in [0.15, 0.2) is 40.9 Å². The molecule has 0 spiro atoms. The number of carbonyl (C=O) groups excluding carboxylic acids is 1. The van der Waals surface area contributed by atoms with Crippen molar-refractivity contribution in [1.29, 1.82) is 0 Å². The van der Waals surface area contributed by atoms with Gasteiger partial charge < -0.3 is 20.1 Å². The molecule has 1 amide bonds. The number of anilines is 2. The van der Waals surface area contributed by atoms with Gasteiger partial charge in [0, 0.05) is 44.8 Å². The summed E-state index contributed by atoms with van der Waals surface area (Å²) in [6.45, 7) is 4.31. The highest BCUT2D eigenvalue weighted by molar-refractivity contribution is 9.10. The number of ether oxygens (including phenoxy) is 1. The highest BCUT2D eigenvalue weighted by atomic mass is 79.9. The summed E-state index contributed by atoms with van der Waals surface area (Å²) in [4.78, 5) is 16.3. The van der Waals surface area contributed by atoms with Crippen molar-refractivity contribution in [3.05, 3.63) is 51.5 Å². The third kappa shape index (κ3) is 4.91. The van der Waals surface area contributed by atoms with Crippen molar-refractivity contribution < 1.29 is 14.6 Å². The molecule has 2 aromatic rings. The maximum absolute atomic E-state index is 11.7. The number of hydrogen-bond acceptors (Lipinski definition) is 5. The van der Waals surface area contributed by atoms with Gasteiger partial charge in [0.05, 0.1) is 15.2 Å². The number of β-amino-alcohol motifs (C(OH)–C–C–N with tert-alkyl or cyclic N) is 1. The first-order chi connectivity index (χ1) is 14.5. The molecule has 4 rings (SSSR count). The Morgan fingerprint density at radius 2 is 1.90 bits per heavy atom. The van der Waals surface area contributed by atoms with Gasteiger partial charge in [-0.3, -0.25) is 9.69 Å². The number of nitrogens with zero attached hydrogens (tertiary/aromatic N) is 2. The molecule has 6 nitrogen and oxygen atoms in total. The monoisotopic (exact) mass is 493 g/mol. The number of halogens is 2. The minimum absolute atomic E-state index is 0.0221. The number of aryl methyl sites for hydroxylation is 1. The number of piperazine rings is 1. The third-order valence-corrected chi connectivity index (χ3v) is 6.56. The molecule has 8 heteroatoms. The minimum Gasteiger partial charge on any atom is -0.488 e. The lowest BCUT2D eigenvalue weighted by molar-refractivity contribution is -0.116. The van der Waals surface area contributed by atoms with Crippen molar-refractivity contribution in [2.45, 2.75) is 18.9 Å². The van der Waals surface area contributed by atoms with Crippen LogP contribution in [0.2, 0.25) is 5.02 Å². The van der Waals surface area contributed by atoms with Gasteiger partial charge in [-0.25, -0.2) is 0 Å². The number of para-hydroxylation sites is 1. The molecule has 160 valence electrons. The van der Waals surface area contributed by atoms with E-state index in [2.05, 4.69) is 55.3 Å². The van der Waals surface area contributed by atoms with Crippen LogP contribution in [0.25, 0.3) is 0 Å². The van der Waals surface area contributed by atoms with E-state index >= 15 is 0 Å². The topological polar surface area (TPSA) is 65.0 Å². The number of amides is 1. The van der Waals surface area contributed by atoms with E-state index in [9.17, 15) is 9.90 Å². The van der Waals surface area contributed by atoms with Crippen LogP contribution < -0.4 is 15.0 Å². The van der Waals surface area contributed by atoms with Crippen LogP contribution in [0, 0.1) is 0 Å². The van der Waals surface area contributed by atoms with Crippen molar-refractivity contribution in [3.8, 4) is 5.75 Å². The fourth-order valence-electron chi connectivity index (χ4n) is 3.92. The standard InChI is InChI=1S/C22H25BrClN3O3/c23-20-21-15(6-7-19(29)25-21)12-18(24)22(20)30-14-17(28)13-26-8-10-27(11-9-26)16-4-2-1-3-5-16/h1-5,12,17,28H,6-11,13-14H2,(H,25,29). The molecule has 0 bridgehead atoms. The maximum Gasteiger partial charge on any atom is 0.224 e. The average molecular weight is 495 g/mol. The second-order valence-electron chi connectivity index (χ2n) is 7.67. The van der Waals surface area contributed by atoms with Gasteiger partial charge in [0.15, 0.2) is 5.75 Å². The van der Waals surface area contributed by atoms with Crippen LogP contribution in [0.5, 0.6) is 5.75 Å². The summed E-state index contributed by atoms with van der Waals surface area (Å²) in [7, 11) is 0. The maximum atomic E-state index is 11.7. The smallest absolute Gasteiger partial charge is 0.224 e. The molecule has 1 atom stereocenters. The second-order valence-corrected chi connectivity index (χ2v) is 8.87. The molecule has 1 saturated heterocycles. The van der Waals surface area contributed by atoms with Gasteiger partial charge in [-0.15, -0.1) is 0 Å². The highest BCUT2D eigenvalue weighted by Gasteiger charge is 2.24. The SMILES string of the molecule is O=C1CCc2cc(Cl)c(OCC(O)CN3CCN(c4ccccc4)CC3)c(Br)c2N1. The van der Waals surface area contributed by atoms with Gasteiger partial charge in [-0.1, -0.05) is 29.8 Å². The van der Waals surface area contributed by atoms with Gasteiger partial charge in [-0.05, 0) is 46.1 Å². The number of rotatable bonds is 6. The van der Waals surface area contributed by atoms with Gasteiger partial charge in [-0.2, -0.15) is 0 Å². The van der Waals surface area contributed by atoms with Crippen LogP contribution in [0.1, 0.15) is 12.0 Å². The molecule has 0 saturated carbocycles. The number of nitrogens with one attached hydrogen (secondary N) is 1. The lowest BCUT2D eigenvalue weighted by Gasteiger charge is -2.36. The van der Waals surface area contributed by atoms with Crippen molar-refractivity contribution in [1.82, 2.24) is 4.90 Å². The van der Waals surface area contributed by atoms with E-state index < -0.39 is 6.10 Å². The number of aliphatic hydroxyl groups excluding tert-OH is 1. The summed E-state index contributed by atoms with van der Waals surface area (Å²) in [5.74, 6) is 0.428. The van der Waals surface area contributed by atoms with Crippen LogP contribution in [0.3, 0.4) is 0 Å². The van der Waals surface area contributed by atoms with Gasteiger partial charge >= 0.3 is 0 Å². The largest absolute Gasteiger partial charge is 0.488 e. The Balaban J connectivity index is 1.30. The summed E-state index contributed by atoms with van der Waals surface area (Å²) < 4.78 is 6.47.